The molecule has 0 saturated carbocycles. The quantitative estimate of drug-likeness (QED) is 0.329. The van der Waals surface area contributed by atoms with Crippen LogP contribution in [-0.2, 0) is 27.9 Å². The standard InChI is InChI=1S/C27H24ClN3O4S/c28-22-11-15-25(16-12-22)36(34,35)31(19-24-8-4-5-17-29-24)18-20-9-13-23(14-10-20)30-27(33)26(32)21-6-2-1-3-7-21/h1-17,26,32H,18-19H2,(H,30,33). The van der Waals surface area contributed by atoms with E-state index >= 15 is 0 Å². The Morgan fingerprint density at radius 1 is 0.889 bits per heavy atom. The van der Waals surface area contributed by atoms with E-state index in [1.807, 2.05) is 0 Å². The molecule has 3 aromatic carbocycles. The monoisotopic (exact) mass is 521 g/mol. The first-order chi connectivity index (χ1) is 17.3. The van der Waals surface area contributed by atoms with E-state index in [1.165, 1.54) is 28.6 Å². The average molecular weight is 522 g/mol. The van der Waals surface area contributed by atoms with E-state index < -0.39 is 22.0 Å². The molecule has 0 aliphatic carbocycles. The fourth-order valence-corrected chi connectivity index (χ4v) is 5.07. The predicted octanol–water partition coefficient (Wildman–Crippen LogP) is 4.80. The number of aliphatic hydroxyl groups excluding tert-OH is 1. The number of rotatable bonds is 9. The van der Waals surface area contributed by atoms with Gasteiger partial charge in [-0.05, 0) is 59.7 Å². The van der Waals surface area contributed by atoms with Crippen LogP contribution in [0.1, 0.15) is 22.9 Å². The van der Waals surface area contributed by atoms with Crippen molar-refractivity contribution in [2.24, 2.45) is 0 Å². The molecule has 9 heteroatoms. The summed E-state index contributed by atoms with van der Waals surface area (Å²) in [5.74, 6) is -0.559. The van der Waals surface area contributed by atoms with Gasteiger partial charge in [-0.3, -0.25) is 9.78 Å². The average Bonchev–Trinajstić information content (AvgIpc) is 2.90. The van der Waals surface area contributed by atoms with Gasteiger partial charge in [0, 0.05) is 23.5 Å². The normalized spacial score (nSPS) is 12.3. The maximum absolute atomic E-state index is 13.4. The van der Waals surface area contributed by atoms with Gasteiger partial charge in [0.15, 0.2) is 6.10 Å². The van der Waals surface area contributed by atoms with Gasteiger partial charge in [0.05, 0.1) is 17.1 Å². The zero-order valence-corrected chi connectivity index (χ0v) is 20.7. The van der Waals surface area contributed by atoms with Gasteiger partial charge in [-0.25, -0.2) is 8.42 Å². The molecule has 0 aliphatic heterocycles. The topological polar surface area (TPSA) is 99.6 Å². The Balaban J connectivity index is 1.52. The minimum Gasteiger partial charge on any atom is -0.378 e. The number of aromatic nitrogens is 1. The molecule has 0 bridgehead atoms. The molecule has 0 spiro atoms. The van der Waals surface area contributed by atoms with Crippen molar-refractivity contribution in [3.05, 3.63) is 125 Å². The SMILES string of the molecule is O=C(Nc1ccc(CN(Cc2ccccn2)S(=O)(=O)c2ccc(Cl)cc2)cc1)C(O)c1ccccc1. The Hall–Kier alpha value is -3.56. The molecule has 184 valence electrons. The van der Waals surface area contributed by atoms with E-state index in [4.69, 9.17) is 11.6 Å². The van der Waals surface area contributed by atoms with Gasteiger partial charge in [0.1, 0.15) is 0 Å². The number of amides is 1. The van der Waals surface area contributed by atoms with Gasteiger partial charge in [-0.1, -0.05) is 60.1 Å². The van der Waals surface area contributed by atoms with E-state index in [0.717, 1.165) is 0 Å². The molecule has 1 aromatic heterocycles. The molecule has 4 rings (SSSR count). The number of anilines is 1. The molecule has 1 unspecified atom stereocenters. The summed E-state index contributed by atoms with van der Waals surface area (Å²) in [6.45, 7) is 0.163. The largest absolute Gasteiger partial charge is 0.378 e. The number of carbonyl (C=O) groups excluding carboxylic acids is 1. The molecule has 0 aliphatic rings. The summed E-state index contributed by atoms with van der Waals surface area (Å²) >= 11 is 5.94. The molecular weight excluding hydrogens is 498 g/mol. The van der Waals surface area contributed by atoms with Crippen LogP contribution in [0.3, 0.4) is 0 Å². The zero-order chi connectivity index (χ0) is 25.5. The van der Waals surface area contributed by atoms with E-state index in [0.29, 0.717) is 27.5 Å². The molecule has 1 heterocycles. The Bertz CT molecular complexity index is 1400. The van der Waals surface area contributed by atoms with Crippen LogP contribution < -0.4 is 5.32 Å². The third-order valence-electron chi connectivity index (χ3n) is 5.46. The van der Waals surface area contributed by atoms with E-state index in [9.17, 15) is 18.3 Å². The number of nitrogens with zero attached hydrogens (tertiary/aromatic N) is 2. The number of halogens is 1. The molecule has 0 radical (unpaired) electrons. The first-order valence-corrected chi connectivity index (χ1v) is 12.9. The fraction of sp³-hybridized carbons (Fsp3) is 0.111. The molecule has 1 amide bonds. The highest BCUT2D eigenvalue weighted by atomic mass is 35.5. The molecule has 0 saturated heterocycles. The Morgan fingerprint density at radius 3 is 2.19 bits per heavy atom. The van der Waals surface area contributed by atoms with Crippen LogP contribution in [-0.4, -0.2) is 28.7 Å². The maximum Gasteiger partial charge on any atom is 0.257 e. The minimum atomic E-state index is -3.85. The van der Waals surface area contributed by atoms with Gasteiger partial charge < -0.3 is 10.4 Å². The number of sulfonamides is 1. The molecule has 7 nitrogen and oxygen atoms in total. The van der Waals surface area contributed by atoms with E-state index in [1.54, 1.807) is 79.0 Å². The van der Waals surface area contributed by atoms with Gasteiger partial charge >= 0.3 is 0 Å². The first-order valence-electron chi connectivity index (χ1n) is 11.1. The summed E-state index contributed by atoms with van der Waals surface area (Å²) in [5.41, 5.74) is 2.29. The summed E-state index contributed by atoms with van der Waals surface area (Å²) in [6.07, 6.45) is 0.313. The highest BCUT2D eigenvalue weighted by molar-refractivity contribution is 7.89. The maximum atomic E-state index is 13.4. The molecule has 4 aromatic rings. The lowest BCUT2D eigenvalue weighted by atomic mass is 10.1. The van der Waals surface area contributed by atoms with Crippen molar-refractivity contribution in [3.63, 3.8) is 0 Å². The van der Waals surface area contributed by atoms with Crippen LogP contribution in [0.4, 0.5) is 5.69 Å². The smallest absolute Gasteiger partial charge is 0.257 e. The number of nitrogens with one attached hydrogen (secondary N) is 1. The number of benzene rings is 3. The zero-order valence-electron chi connectivity index (χ0n) is 19.2. The van der Waals surface area contributed by atoms with Crippen molar-refractivity contribution in [3.8, 4) is 0 Å². The van der Waals surface area contributed by atoms with Crippen LogP contribution in [0.25, 0.3) is 0 Å². The lowest BCUT2D eigenvalue weighted by molar-refractivity contribution is -0.124. The van der Waals surface area contributed by atoms with Gasteiger partial charge in [-0.15, -0.1) is 0 Å². The molecule has 0 fully saturated rings. The first kappa shape index (κ1) is 25.5. The van der Waals surface area contributed by atoms with Crippen molar-refractivity contribution in [2.45, 2.75) is 24.1 Å². The summed E-state index contributed by atoms with van der Waals surface area (Å²) in [4.78, 5) is 16.8. The van der Waals surface area contributed by atoms with Crippen molar-refractivity contribution in [2.75, 3.05) is 5.32 Å². The summed E-state index contributed by atoms with van der Waals surface area (Å²) < 4.78 is 28.2. The van der Waals surface area contributed by atoms with E-state index in [2.05, 4.69) is 10.3 Å². The van der Waals surface area contributed by atoms with Crippen LogP contribution in [0.5, 0.6) is 0 Å². The highest BCUT2D eigenvalue weighted by Crippen LogP contribution is 2.23. The van der Waals surface area contributed by atoms with Gasteiger partial charge in [0.2, 0.25) is 10.0 Å². The van der Waals surface area contributed by atoms with Crippen LogP contribution in [0, 0.1) is 0 Å². The lowest BCUT2D eigenvalue weighted by Gasteiger charge is -2.22. The number of hydrogen-bond acceptors (Lipinski definition) is 5. The Morgan fingerprint density at radius 2 is 1.56 bits per heavy atom. The lowest BCUT2D eigenvalue weighted by Crippen LogP contribution is -2.30. The third-order valence-corrected chi connectivity index (χ3v) is 7.52. The number of aliphatic hydroxyl groups is 1. The number of hydrogen-bond donors (Lipinski definition) is 2. The minimum absolute atomic E-state index is 0.0769. The summed E-state index contributed by atoms with van der Waals surface area (Å²) in [6, 6.07) is 26.8. The Kier molecular flexibility index (Phi) is 8.12. The van der Waals surface area contributed by atoms with Crippen LogP contribution in [0.2, 0.25) is 5.02 Å². The summed E-state index contributed by atoms with van der Waals surface area (Å²) in [7, 11) is -3.85. The van der Waals surface area contributed by atoms with Crippen molar-refractivity contribution < 1.29 is 18.3 Å². The van der Waals surface area contributed by atoms with Crippen molar-refractivity contribution in [1.29, 1.82) is 0 Å². The van der Waals surface area contributed by atoms with Gasteiger partial charge in [0.25, 0.3) is 5.91 Å². The Labute approximate surface area is 215 Å². The second-order valence-electron chi connectivity index (χ2n) is 8.05. The van der Waals surface area contributed by atoms with Crippen molar-refractivity contribution in [1.82, 2.24) is 9.29 Å². The molecule has 36 heavy (non-hydrogen) atoms. The van der Waals surface area contributed by atoms with Crippen molar-refractivity contribution >= 4 is 33.2 Å². The highest BCUT2D eigenvalue weighted by Gasteiger charge is 2.25. The molecule has 2 N–H and O–H groups in total. The molecular formula is C27H24ClN3O4S. The van der Waals surface area contributed by atoms with Crippen LogP contribution >= 0.6 is 11.6 Å². The number of carbonyl (C=O) groups is 1. The number of pyridine rings is 1. The second kappa shape index (κ2) is 11.5. The van der Waals surface area contributed by atoms with E-state index in [-0.39, 0.29) is 18.0 Å². The predicted molar refractivity (Wildman–Crippen MR) is 139 cm³/mol. The fourth-order valence-electron chi connectivity index (χ4n) is 3.55. The van der Waals surface area contributed by atoms with Crippen LogP contribution in [0.15, 0.2) is 108 Å². The molecule has 1 atom stereocenters. The second-order valence-corrected chi connectivity index (χ2v) is 10.4. The summed E-state index contributed by atoms with van der Waals surface area (Å²) in [5, 5.41) is 13.4. The third kappa shape index (κ3) is 6.35. The van der Waals surface area contributed by atoms with Gasteiger partial charge in [-0.2, -0.15) is 4.31 Å².